The molecule has 0 spiro atoms. The second-order valence-corrected chi connectivity index (χ2v) is 13.6. The van der Waals surface area contributed by atoms with Crippen LogP contribution in [-0.2, 0) is 14.4 Å². The van der Waals surface area contributed by atoms with Crippen LogP contribution in [0.3, 0.4) is 0 Å². The average molecular weight is 672 g/mol. The molecule has 3 N–H and O–H groups in total. The van der Waals surface area contributed by atoms with Gasteiger partial charge in [0.15, 0.2) is 0 Å². The lowest BCUT2D eigenvalue weighted by molar-refractivity contribution is -0.142. The maximum atomic E-state index is 14.4. The molecule has 0 radical (unpaired) electrons. The normalized spacial score (nSPS) is 18.0. The van der Waals surface area contributed by atoms with Crippen molar-refractivity contribution in [1.29, 1.82) is 0 Å². The maximum Gasteiger partial charge on any atom is 0.343 e. The number of carboxylic acid groups (broad SMARTS) is 1. The van der Waals surface area contributed by atoms with Gasteiger partial charge in [-0.05, 0) is 68.9 Å². The third-order valence-electron chi connectivity index (χ3n) is 10.0. The molecule has 0 bridgehead atoms. The minimum absolute atomic E-state index is 0.0268. The number of nitrogens with one attached hydrogen (secondary N) is 2. The van der Waals surface area contributed by atoms with Crippen LogP contribution in [-0.4, -0.2) is 86.9 Å². The summed E-state index contributed by atoms with van der Waals surface area (Å²) in [5, 5.41) is 19.8. The maximum absolute atomic E-state index is 14.4. The van der Waals surface area contributed by atoms with Crippen LogP contribution in [0.2, 0.25) is 0 Å². The molecular weight excluding hydrogens is 626 g/mol. The molecule has 3 aromatic rings. The van der Waals surface area contributed by atoms with E-state index in [1.807, 2.05) is 36.4 Å². The summed E-state index contributed by atoms with van der Waals surface area (Å²) in [4.78, 5) is 76.6. The minimum Gasteiger partial charge on any atom is -0.481 e. The average Bonchev–Trinajstić information content (AvgIpc) is 3.62. The van der Waals surface area contributed by atoms with E-state index in [2.05, 4.69) is 20.6 Å². The van der Waals surface area contributed by atoms with Crippen LogP contribution >= 0.6 is 0 Å². The van der Waals surface area contributed by atoms with Gasteiger partial charge in [0.25, 0.3) is 5.91 Å². The number of fused-ring (bicyclic) bond motifs is 1. The van der Waals surface area contributed by atoms with Gasteiger partial charge in [-0.3, -0.25) is 24.2 Å². The fraction of sp³-hybridized carbons (Fsp3) is 0.472. The van der Waals surface area contributed by atoms with E-state index in [0.29, 0.717) is 12.1 Å². The van der Waals surface area contributed by atoms with Crippen molar-refractivity contribution in [3.8, 4) is 0 Å². The predicted molar refractivity (Wildman–Crippen MR) is 183 cm³/mol. The second-order valence-electron chi connectivity index (χ2n) is 13.6. The number of aromatic nitrogens is 2. The first-order chi connectivity index (χ1) is 23.4. The van der Waals surface area contributed by atoms with Gasteiger partial charge in [0.05, 0.1) is 23.2 Å². The van der Waals surface area contributed by atoms with E-state index in [1.54, 1.807) is 26.8 Å². The Labute approximate surface area is 286 Å². The zero-order valence-electron chi connectivity index (χ0n) is 28.5. The minimum atomic E-state index is -1.22. The summed E-state index contributed by atoms with van der Waals surface area (Å²) in [6, 6.07) is 11.0. The molecule has 49 heavy (non-hydrogen) atoms. The van der Waals surface area contributed by atoms with E-state index in [4.69, 9.17) is 0 Å². The molecule has 1 aliphatic heterocycles. The van der Waals surface area contributed by atoms with Crippen LogP contribution in [0.4, 0.5) is 10.5 Å². The molecule has 260 valence electrons. The van der Waals surface area contributed by atoms with Crippen molar-refractivity contribution in [1.82, 2.24) is 30.5 Å². The van der Waals surface area contributed by atoms with Gasteiger partial charge in [0.2, 0.25) is 11.8 Å². The zero-order valence-corrected chi connectivity index (χ0v) is 28.5. The Balaban J connectivity index is 1.38. The molecule has 5 rings (SSSR count). The summed E-state index contributed by atoms with van der Waals surface area (Å²) < 4.78 is 0. The molecule has 1 aromatic heterocycles. The van der Waals surface area contributed by atoms with Crippen LogP contribution in [0.1, 0.15) is 69.8 Å². The number of urea groups is 1. The van der Waals surface area contributed by atoms with E-state index < -0.39 is 53.1 Å². The van der Waals surface area contributed by atoms with Crippen LogP contribution in [0, 0.1) is 17.3 Å². The Morgan fingerprint density at radius 1 is 0.959 bits per heavy atom. The molecule has 3 atom stereocenters. The standard InChI is InChI=1S/C36H45N7O6/c1-23(39-32(45)30(25-11-6-5-7-12-25)40-31(44)29-21-37-17-18-38-29)36(2,3)34(48)41(4)43(35(49)42-19-16-27(22-42)33(46)47)28-15-14-24-10-8-9-13-26(24)20-28/h8-10,13-15,17-18,20-21,23,25,27,30H,5-7,11-12,16,19,22H2,1-4H3,(H,39,45)(H,40,44)(H,46,47)/t23-,27?,30-/m0/s1. The predicted octanol–water partition coefficient (Wildman–Crippen LogP) is 4.25. The number of hydrogen-bond acceptors (Lipinski definition) is 7. The molecule has 1 unspecified atom stereocenters. The van der Waals surface area contributed by atoms with Gasteiger partial charge in [0, 0.05) is 38.6 Å². The van der Waals surface area contributed by atoms with Crippen molar-refractivity contribution < 1.29 is 29.1 Å². The fourth-order valence-corrected chi connectivity index (χ4v) is 6.66. The highest BCUT2D eigenvalue weighted by molar-refractivity contribution is 5.99. The van der Waals surface area contributed by atoms with Gasteiger partial charge < -0.3 is 20.6 Å². The first-order valence-corrected chi connectivity index (χ1v) is 16.8. The van der Waals surface area contributed by atoms with Gasteiger partial charge in [0.1, 0.15) is 11.7 Å². The van der Waals surface area contributed by atoms with Gasteiger partial charge in [-0.15, -0.1) is 0 Å². The highest BCUT2D eigenvalue weighted by Crippen LogP contribution is 2.31. The quantitative estimate of drug-likeness (QED) is 0.284. The number of nitrogens with zero attached hydrogens (tertiary/aromatic N) is 5. The Bertz CT molecular complexity index is 1690. The molecule has 13 nitrogen and oxygen atoms in total. The number of amides is 5. The van der Waals surface area contributed by atoms with Gasteiger partial charge in [-0.25, -0.2) is 19.8 Å². The van der Waals surface area contributed by atoms with E-state index in [0.717, 1.165) is 42.9 Å². The third kappa shape index (κ3) is 7.82. The first-order valence-electron chi connectivity index (χ1n) is 16.8. The topological polar surface area (TPSA) is 165 Å². The van der Waals surface area contributed by atoms with Crippen molar-refractivity contribution in [2.24, 2.45) is 17.3 Å². The van der Waals surface area contributed by atoms with E-state index in [1.165, 1.54) is 40.6 Å². The summed E-state index contributed by atoms with van der Waals surface area (Å²) in [6.07, 6.45) is 9.05. The molecule has 5 amide bonds. The van der Waals surface area contributed by atoms with Gasteiger partial charge in [-0.2, -0.15) is 0 Å². The summed E-state index contributed by atoms with van der Waals surface area (Å²) in [7, 11) is 1.50. The summed E-state index contributed by atoms with van der Waals surface area (Å²) in [6.45, 7) is 5.39. The lowest BCUT2D eigenvalue weighted by atomic mass is 9.81. The Morgan fingerprint density at radius 2 is 1.67 bits per heavy atom. The summed E-state index contributed by atoms with van der Waals surface area (Å²) in [5.41, 5.74) is -0.678. The number of carbonyl (C=O) groups excluding carboxylic acids is 4. The molecule has 2 fully saturated rings. The van der Waals surface area contributed by atoms with Crippen molar-refractivity contribution in [2.75, 3.05) is 25.1 Å². The van der Waals surface area contributed by atoms with Crippen LogP contribution in [0.5, 0.6) is 0 Å². The Morgan fingerprint density at radius 3 is 2.33 bits per heavy atom. The number of hydrazine groups is 1. The molecule has 2 heterocycles. The first kappa shape index (κ1) is 35.2. The third-order valence-corrected chi connectivity index (χ3v) is 10.0. The number of carboxylic acids is 1. The van der Waals surface area contributed by atoms with E-state index >= 15 is 0 Å². The monoisotopic (exact) mass is 671 g/mol. The number of anilines is 1. The number of benzene rings is 2. The van der Waals surface area contributed by atoms with Crippen molar-refractivity contribution >= 4 is 46.2 Å². The summed E-state index contributed by atoms with van der Waals surface area (Å²) >= 11 is 0. The van der Waals surface area contributed by atoms with Crippen molar-refractivity contribution in [3.63, 3.8) is 0 Å². The zero-order chi connectivity index (χ0) is 35.3. The molecular formula is C36H45N7O6. The lowest BCUT2D eigenvalue weighted by Gasteiger charge is -2.41. The van der Waals surface area contributed by atoms with Crippen molar-refractivity contribution in [3.05, 3.63) is 66.7 Å². The van der Waals surface area contributed by atoms with Crippen molar-refractivity contribution in [2.45, 2.75) is 71.4 Å². The highest BCUT2D eigenvalue weighted by Gasteiger charge is 2.43. The largest absolute Gasteiger partial charge is 0.481 e. The molecule has 1 saturated heterocycles. The number of rotatable bonds is 9. The Kier molecular flexibility index (Phi) is 10.8. The van der Waals surface area contributed by atoms with Gasteiger partial charge >= 0.3 is 12.0 Å². The molecule has 1 aliphatic carbocycles. The highest BCUT2D eigenvalue weighted by atomic mass is 16.4. The Hall–Kier alpha value is -5.07. The molecule has 2 aliphatic rings. The van der Waals surface area contributed by atoms with Gasteiger partial charge in [-0.1, -0.05) is 49.6 Å². The number of likely N-dealkylation sites (tertiary alicyclic amines) is 1. The van der Waals surface area contributed by atoms with Crippen LogP contribution in [0.25, 0.3) is 10.8 Å². The molecule has 13 heteroatoms. The number of carbonyl (C=O) groups is 5. The number of hydrogen-bond donors (Lipinski definition) is 3. The van der Waals surface area contributed by atoms with E-state index in [-0.39, 0.29) is 24.7 Å². The fourth-order valence-electron chi connectivity index (χ4n) is 6.66. The van der Waals surface area contributed by atoms with E-state index in [9.17, 15) is 29.1 Å². The second kappa shape index (κ2) is 15.0. The number of aliphatic carboxylic acids is 1. The SMILES string of the molecule is C[C@H](NC(=O)[C@@H](NC(=O)c1cnccn1)C1CCCCC1)C(C)(C)C(=O)N(C)N(C(=O)N1CCC(C(=O)O)C1)c1ccc2ccccc2c1. The van der Waals surface area contributed by atoms with Crippen LogP contribution in [0.15, 0.2) is 61.1 Å². The molecule has 2 aromatic carbocycles. The molecule has 1 saturated carbocycles. The lowest BCUT2D eigenvalue weighted by Crippen LogP contribution is -2.61. The van der Waals surface area contributed by atoms with Crippen LogP contribution < -0.4 is 15.6 Å². The summed E-state index contributed by atoms with van der Waals surface area (Å²) in [5.74, 6) is -3.10. The smallest absolute Gasteiger partial charge is 0.343 e.